The zero-order valence-corrected chi connectivity index (χ0v) is 22.8. The number of amides is 2. The summed E-state index contributed by atoms with van der Waals surface area (Å²) in [4.78, 5) is 62.4. The number of ether oxygens (including phenoxy) is 1. The number of nitrogens with zero attached hydrogens (tertiary/aromatic N) is 5. The highest BCUT2D eigenvalue weighted by Gasteiger charge is 2.54. The molecule has 2 aliphatic heterocycles. The summed E-state index contributed by atoms with van der Waals surface area (Å²) < 4.78 is 6.90. The lowest BCUT2D eigenvalue weighted by Crippen LogP contribution is -2.70. The first kappa shape index (κ1) is 28.2. The van der Waals surface area contributed by atoms with Gasteiger partial charge in [-0.1, -0.05) is 18.2 Å². The van der Waals surface area contributed by atoms with E-state index in [4.69, 9.17) is 9.84 Å². The Bertz CT molecular complexity index is 1670. The Balaban J connectivity index is 1.29. The minimum atomic E-state index is -1.60. The van der Waals surface area contributed by atoms with Crippen LogP contribution in [-0.2, 0) is 25.7 Å². The number of aliphatic hydroxyl groups excluding tert-OH is 1. The van der Waals surface area contributed by atoms with Crippen LogP contribution in [0.5, 0.6) is 5.75 Å². The number of hydrogen-bond acceptors (Lipinski definition) is 11. The number of aliphatic hydroxyl groups is 1. The number of methoxy groups -OCH3 is 1. The minimum Gasteiger partial charge on any atom is -0.496 e. The normalized spacial score (nSPS) is 19.0. The molecular formula is C24H22N6O9S2. The molecule has 5 rings (SSSR count). The first-order valence-electron chi connectivity index (χ1n) is 11.9. The molecule has 1 fully saturated rings. The quantitative estimate of drug-likeness (QED) is 0.172. The van der Waals surface area contributed by atoms with E-state index in [1.54, 1.807) is 24.3 Å². The third-order valence-electron chi connectivity index (χ3n) is 6.32. The molecule has 4 heterocycles. The molecule has 1 saturated heterocycles. The molecule has 0 radical (unpaired) electrons. The van der Waals surface area contributed by atoms with Crippen molar-refractivity contribution in [2.75, 3.05) is 18.6 Å². The highest BCUT2D eigenvalue weighted by atomic mass is 32.2. The van der Waals surface area contributed by atoms with E-state index in [0.29, 0.717) is 16.3 Å². The van der Waals surface area contributed by atoms with Crippen LogP contribution in [-0.4, -0.2) is 93.4 Å². The smallest absolute Gasteiger partial charge is 0.367 e. The fourth-order valence-electron chi connectivity index (χ4n) is 4.42. The second kappa shape index (κ2) is 11.3. The Hall–Kier alpha value is -4.35. The van der Waals surface area contributed by atoms with E-state index in [1.165, 1.54) is 31.0 Å². The lowest BCUT2D eigenvalue weighted by atomic mass is 10.0. The maximum absolute atomic E-state index is 13.0. The molecule has 0 aliphatic carbocycles. The van der Waals surface area contributed by atoms with E-state index < -0.39 is 53.5 Å². The van der Waals surface area contributed by atoms with E-state index in [2.05, 4.69) is 15.5 Å². The number of fused-ring (bicyclic) bond motifs is 2. The molecule has 214 valence electrons. The van der Waals surface area contributed by atoms with Crippen LogP contribution in [0.4, 0.5) is 0 Å². The Morgan fingerprint density at radius 1 is 1.17 bits per heavy atom. The van der Waals surface area contributed by atoms with E-state index in [0.717, 1.165) is 25.9 Å². The molecule has 41 heavy (non-hydrogen) atoms. The summed E-state index contributed by atoms with van der Waals surface area (Å²) in [6, 6.07) is 8.43. The van der Waals surface area contributed by atoms with Crippen LogP contribution in [0.3, 0.4) is 0 Å². The first-order valence-corrected chi connectivity index (χ1v) is 14.0. The molecule has 1 aromatic carbocycles. The van der Waals surface area contributed by atoms with E-state index in [-0.39, 0.29) is 28.4 Å². The summed E-state index contributed by atoms with van der Waals surface area (Å²) in [6.45, 7) is -0.622. The predicted octanol–water partition coefficient (Wildman–Crippen LogP) is -0.451. The van der Waals surface area contributed by atoms with Gasteiger partial charge in [-0.15, -0.1) is 28.6 Å². The van der Waals surface area contributed by atoms with E-state index in [1.807, 2.05) is 0 Å². The van der Waals surface area contributed by atoms with Crippen molar-refractivity contribution in [3.8, 4) is 5.75 Å². The van der Waals surface area contributed by atoms with Gasteiger partial charge in [-0.3, -0.25) is 19.3 Å². The molecule has 2 aliphatic rings. The highest BCUT2D eigenvalue weighted by Crippen LogP contribution is 2.41. The van der Waals surface area contributed by atoms with Crippen LogP contribution in [0.25, 0.3) is 5.65 Å². The second-order valence-electron chi connectivity index (χ2n) is 8.86. The molecule has 0 saturated carbocycles. The van der Waals surface area contributed by atoms with Crippen molar-refractivity contribution in [1.82, 2.24) is 29.6 Å². The van der Waals surface area contributed by atoms with Gasteiger partial charge in [-0.2, -0.15) is 14.3 Å². The van der Waals surface area contributed by atoms with E-state index >= 15 is 0 Å². The number of rotatable bonds is 10. The summed E-state index contributed by atoms with van der Waals surface area (Å²) in [5, 5.41) is 39.7. The summed E-state index contributed by atoms with van der Waals surface area (Å²) in [6.07, 6.45) is -1.60. The molecule has 3 aromatic rings. The number of nitrogens with one attached hydrogen (secondary N) is 1. The van der Waals surface area contributed by atoms with Gasteiger partial charge in [0.2, 0.25) is 0 Å². The molecule has 4 N–H and O–H groups in total. The third-order valence-corrected chi connectivity index (χ3v) is 8.67. The zero-order valence-electron chi connectivity index (χ0n) is 21.2. The average molecular weight is 603 g/mol. The van der Waals surface area contributed by atoms with Gasteiger partial charge in [0.05, 0.1) is 7.11 Å². The van der Waals surface area contributed by atoms with Crippen LogP contribution in [0.2, 0.25) is 0 Å². The van der Waals surface area contributed by atoms with Gasteiger partial charge in [0.15, 0.2) is 11.8 Å². The molecule has 2 aromatic heterocycles. The molecule has 15 nitrogen and oxygen atoms in total. The van der Waals surface area contributed by atoms with Gasteiger partial charge < -0.3 is 25.4 Å². The number of carboxylic acids is 2. The number of hydrogen-bond donors (Lipinski definition) is 4. The van der Waals surface area contributed by atoms with Gasteiger partial charge in [0.25, 0.3) is 11.8 Å². The molecule has 0 spiro atoms. The number of para-hydroxylation sites is 1. The number of carboxylic acid groups (broad SMARTS) is 2. The zero-order chi connectivity index (χ0) is 29.4. The number of benzene rings is 1. The van der Waals surface area contributed by atoms with Gasteiger partial charge >= 0.3 is 17.6 Å². The Morgan fingerprint density at radius 2 is 1.93 bits per heavy atom. The SMILES string of the molecule is COc1ccccc1C(O)C(=O)NC1C(=O)N2C(C(=O)O)=C(CSc3ccc4nn(CC(=O)O)c(=O)n4n3)CS[C@@H]12. The van der Waals surface area contributed by atoms with Crippen molar-refractivity contribution in [1.29, 1.82) is 0 Å². The van der Waals surface area contributed by atoms with Crippen LogP contribution in [0, 0.1) is 0 Å². The van der Waals surface area contributed by atoms with Crippen LogP contribution in [0.1, 0.15) is 11.7 Å². The van der Waals surface area contributed by atoms with Crippen molar-refractivity contribution >= 4 is 52.9 Å². The number of aromatic nitrogens is 4. The van der Waals surface area contributed by atoms with Crippen molar-refractivity contribution < 1.29 is 39.2 Å². The number of carbonyl (C=O) groups is 4. The van der Waals surface area contributed by atoms with Gasteiger partial charge in [0.1, 0.15) is 34.4 Å². The molecular weight excluding hydrogens is 580 g/mol. The Labute approximate surface area is 238 Å². The Morgan fingerprint density at radius 3 is 2.63 bits per heavy atom. The maximum Gasteiger partial charge on any atom is 0.367 e. The van der Waals surface area contributed by atoms with Gasteiger partial charge in [-0.05, 0) is 23.8 Å². The molecule has 2 amide bonds. The molecule has 0 bridgehead atoms. The highest BCUT2D eigenvalue weighted by molar-refractivity contribution is 8.01. The van der Waals surface area contributed by atoms with Crippen LogP contribution >= 0.6 is 23.5 Å². The maximum atomic E-state index is 13.0. The van der Waals surface area contributed by atoms with Crippen LogP contribution in [0.15, 0.2) is 57.5 Å². The predicted molar refractivity (Wildman–Crippen MR) is 143 cm³/mol. The number of carbonyl (C=O) groups excluding carboxylic acids is 2. The molecule has 3 atom stereocenters. The molecule has 2 unspecified atom stereocenters. The summed E-state index contributed by atoms with van der Waals surface area (Å²) in [5.74, 6) is -3.32. The fourth-order valence-corrected chi connectivity index (χ4v) is 6.76. The summed E-state index contributed by atoms with van der Waals surface area (Å²) in [5.41, 5.74) is -0.124. The number of β-lactam (4-membered cyclic amide) rings is 1. The molecule has 17 heteroatoms. The third kappa shape index (κ3) is 5.25. The monoisotopic (exact) mass is 602 g/mol. The lowest BCUT2D eigenvalue weighted by molar-refractivity contribution is -0.151. The fraction of sp³-hybridized carbons (Fsp3) is 0.292. The number of aliphatic carboxylic acids is 2. The topological polar surface area (TPSA) is 206 Å². The average Bonchev–Trinajstić information content (AvgIpc) is 3.26. The lowest BCUT2D eigenvalue weighted by Gasteiger charge is -2.49. The minimum absolute atomic E-state index is 0.130. The van der Waals surface area contributed by atoms with Crippen molar-refractivity contribution in [3.63, 3.8) is 0 Å². The number of thioether (sulfide) groups is 2. The standard InChI is InChI=1S/C24H22N6O9S2/c1-39-13-5-3-2-4-12(13)19(33)20(34)25-17-21(35)29-18(23(36)37)11(10-41-22(17)29)9-40-15-7-6-14-26-28(8-16(31)32)24(38)30(14)27-15/h2-7,17,19,22,33H,8-10H2,1H3,(H,25,34)(H,31,32)(H,36,37)/t17?,19?,22-/m0/s1. The summed E-state index contributed by atoms with van der Waals surface area (Å²) >= 11 is 2.39. The summed E-state index contributed by atoms with van der Waals surface area (Å²) in [7, 11) is 1.40. The largest absolute Gasteiger partial charge is 0.496 e. The Kier molecular flexibility index (Phi) is 7.74. The van der Waals surface area contributed by atoms with Gasteiger partial charge in [-0.25, -0.2) is 9.59 Å². The van der Waals surface area contributed by atoms with Crippen molar-refractivity contribution in [2.24, 2.45) is 0 Å². The van der Waals surface area contributed by atoms with Gasteiger partial charge in [0, 0.05) is 17.1 Å². The van der Waals surface area contributed by atoms with Crippen molar-refractivity contribution in [2.45, 2.75) is 29.1 Å². The van der Waals surface area contributed by atoms with E-state index in [9.17, 15) is 34.2 Å². The van der Waals surface area contributed by atoms with Crippen molar-refractivity contribution in [3.05, 3.63) is 63.7 Å². The second-order valence-corrected chi connectivity index (χ2v) is 11.0. The first-order chi connectivity index (χ1) is 19.6. The van der Waals surface area contributed by atoms with Crippen LogP contribution < -0.4 is 15.7 Å².